The molecular formula is C23H31N3O3. The monoisotopic (exact) mass is 397 g/mol. The highest BCUT2D eigenvalue weighted by atomic mass is 16.5. The first-order valence-electron chi connectivity index (χ1n) is 10.3. The minimum absolute atomic E-state index is 0.0641. The Hall–Kier alpha value is -2.73. The molecule has 3 rings (SSSR count). The fraction of sp³-hybridized carbons (Fsp3) is 0.435. The van der Waals surface area contributed by atoms with Crippen LogP contribution in [0.15, 0.2) is 48.5 Å². The average molecular weight is 398 g/mol. The quantitative estimate of drug-likeness (QED) is 0.705. The zero-order valence-corrected chi connectivity index (χ0v) is 17.4. The van der Waals surface area contributed by atoms with Crippen LogP contribution < -0.4 is 19.7 Å². The van der Waals surface area contributed by atoms with E-state index in [1.54, 1.807) is 7.11 Å². The van der Waals surface area contributed by atoms with Crippen molar-refractivity contribution in [1.29, 1.82) is 0 Å². The molecule has 29 heavy (non-hydrogen) atoms. The van der Waals surface area contributed by atoms with E-state index in [9.17, 15) is 4.79 Å². The topological polar surface area (TPSA) is 54.0 Å². The predicted octanol–water partition coefficient (Wildman–Crippen LogP) is 2.92. The number of ether oxygens (including phenoxy) is 2. The number of nitrogens with zero attached hydrogens (tertiary/aromatic N) is 2. The number of carbonyl (C=O) groups excluding carboxylic acids is 1. The van der Waals surface area contributed by atoms with Gasteiger partial charge in [-0.05, 0) is 48.4 Å². The summed E-state index contributed by atoms with van der Waals surface area (Å²) in [6, 6.07) is 16.0. The lowest BCUT2D eigenvalue weighted by Crippen LogP contribution is -2.49. The zero-order valence-electron chi connectivity index (χ0n) is 17.4. The largest absolute Gasteiger partial charge is 0.497 e. The Morgan fingerprint density at radius 3 is 2.24 bits per heavy atom. The van der Waals surface area contributed by atoms with Gasteiger partial charge in [-0.15, -0.1) is 0 Å². The molecular weight excluding hydrogens is 366 g/mol. The molecule has 2 aromatic carbocycles. The molecule has 1 heterocycles. The number of nitrogens with one attached hydrogen (secondary N) is 1. The minimum atomic E-state index is 0.0641. The number of methoxy groups -OCH3 is 1. The van der Waals surface area contributed by atoms with Crippen molar-refractivity contribution < 1.29 is 14.3 Å². The molecule has 1 N–H and O–H groups in total. The number of amides is 1. The number of rotatable bonds is 9. The van der Waals surface area contributed by atoms with Gasteiger partial charge in [-0.3, -0.25) is 9.69 Å². The molecule has 0 bridgehead atoms. The van der Waals surface area contributed by atoms with Crippen LogP contribution in [0.5, 0.6) is 11.5 Å². The highest BCUT2D eigenvalue weighted by Crippen LogP contribution is 2.20. The van der Waals surface area contributed by atoms with Gasteiger partial charge in [0.2, 0.25) is 5.91 Å². The van der Waals surface area contributed by atoms with Crippen LogP contribution in [-0.2, 0) is 11.3 Å². The molecule has 0 aromatic heterocycles. The van der Waals surface area contributed by atoms with Gasteiger partial charge >= 0.3 is 0 Å². The van der Waals surface area contributed by atoms with Gasteiger partial charge in [0.05, 0.1) is 20.3 Å². The molecule has 6 heteroatoms. The predicted molar refractivity (Wildman–Crippen MR) is 116 cm³/mol. The maximum absolute atomic E-state index is 12.3. The number of carbonyl (C=O) groups is 1. The van der Waals surface area contributed by atoms with Crippen molar-refractivity contribution in [2.45, 2.75) is 19.9 Å². The zero-order chi connectivity index (χ0) is 20.5. The number of piperazine rings is 1. The van der Waals surface area contributed by atoms with Crippen molar-refractivity contribution in [2.75, 3.05) is 51.3 Å². The van der Waals surface area contributed by atoms with Gasteiger partial charge in [0.25, 0.3) is 0 Å². The van der Waals surface area contributed by atoms with E-state index < -0.39 is 0 Å². The Kier molecular flexibility index (Phi) is 7.76. The van der Waals surface area contributed by atoms with Crippen LogP contribution in [0.4, 0.5) is 5.69 Å². The molecule has 1 aliphatic rings. The molecule has 0 radical (unpaired) electrons. The van der Waals surface area contributed by atoms with Crippen molar-refractivity contribution in [3.63, 3.8) is 0 Å². The summed E-state index contributed by atoms with van der Waals surface area (Å²) in [4.78, 5) is 16.9. The first-order chi connectivity index (χ1) is 14.2. The van der Waals surface area contributed by atoms with Crippen molar-refractivity contribution in [3.05, 3.63) is 54.1 Å². The fourth-order valence-electron chi connectivity index (χ4n) is 3.34. The summed E-state index contributed by atoms with van der Waals surface area (Å²) < 4.78 is 10.8. The number of hydrogen-bond acceptors (Lipinski definition) is 5. The van der Waals surface area contributed by atoms with E-state index >= 15 is 0 Å². The SMILES string of the molecule is CCCOc1ccc(CNC(=O)CN2CCN(c3ccc(OC)cc3)CC2)cc1. The molecule has 1 aliphatic heterocycles. The van der Waals surface area contributed by atoms with E-state index in [1.165, 1.54) is 5.69 Å². The molecule has 6 nitrogen and oxygen atoms in total. The van der Waals surface area contributed by atoms with Gasteiger partial charge in [-0.1, -0.05) is 19.1 Å². The second-order valence-electron chi connectivity index (χ2n) is 7.23. The van der Waals surface area contributed by atoms with Crippen LogP contribution >= 0.6 is 0 Å². The van der Waals surface area contributed by atoms with Crippen molar-refractivity contribution in [2.24, 2.45) is 0 Å². The lowest BCUT2D eigenvalue weighted by atomic mass is 10.2. The van der Waals surface area contributed by atoms with Gasteiger partial charge in [-0.2, -0.15) is 0 Å². The van der Waals surface area contributed by atoms with Crippen LogP contribution in [-0.4, -0.2) is 57.2 Å². The van der Waals surface area contributed by atoms with E-state index in [4.69, 9.17) is 9.47 Å². The second-order valence-corrected chi connectivity index (χ2v) is 7.23. The summed E-state index contributed by atoms with van der Waals surface area (Å²) in [5.74, 6) is 1.80. The Labute approximate surface area is 173 Å². The summed E-state index contributed by atoms with van der Waals surface area (Å²) in [5, 5.41) is 3.02. The molecule has 2 aromatic rings. The Balaban J connectivity index is 1.38. The Morgan fingerprint density at radius 2 is 1.62 bits per heavy atom. The minimum Gasteiger partial charge on any atom is -0.497 e. The molecule has 1 saturated heterocycles. The molecule has 0 saturated carbocycles. The Morgan fingerprint density at radius 1 is 0.966 bits per heavy atom. The van der Waals surface area contributed by atoms with Crippen LogP contribution in [0.25, 0.3) is 0 Å². The summed E-state index contributed by atoms with van der Waals surface area (Å²) in [6.45, 7) is 7.38. The maximum atomic E-state index is 12.3. The number of hydrogen-bond donors (Lipinski definition) is 1. The number of benzene rings is 2. The van der Waals surface area contributed by atoms with Crippen LogP contribution in [0.1, 0.15) is 18.9 Å². The van der Waals surface area contributed by atoms with Crippen LogP contribution in [0.2, 0.25) is 0 Å². The molecule has 0 aliphatic carbocycles. The average Bonchev–Trinajstić information content (AvgIpc) is 2.77. The molecule has 0 unspecified atom stereocenters. The maximum Gasteiger partial charge on any atom is 0.234 e. The highest BCUT2D eigenvalue weighted by Gasteiger charge is 2.19. The van der Waals surface area contributed by atoms with Crippen LogP contribution in [0, 0.1) is 0 Å². The summed E-state index contributed by atoms with van der Waals surface area (Å²) in [5.41, 5.74) is 2.27. The van der Waals surface area contributed by atoms with Gasteiger partial charge in [0.1, 0.15) is 11.5 Å². The van der Waals surface area contributed by atoms with E-state index in [1.807, 2.05) is 36.4 Å². The van der Waals surface area contributed by atoms with Crippen molar-refractivity contribution in [1.82, 2.24) is 10.2 Å². The number of anilines is 1. The third-order valence-corrected chi connectivity index (χ3v) is 5.06. The molecule has 1 fully saturated rings. The third-order valence-electron chi connectivity index (χ3n) is 5.06. The third kappa shape index (κ3) is 6.39. The van der Waals surface area contributed by atoms with Gasteiger partial charge in [0, 0.05) is 38.4 Å². The molecule has 0 atom stereocenters. The highest BCUT2D eigenvalue weighted by molar-refractivity contribution is 5.78. The smallest absolute Gasteiger partial charge is 0.234 e. The van der Waals surface area contributed by atoms with E-state index in [-0.39, 0.29) is 5.91 Å². The Bertz CT molecular complexity index is 754. The molecule has 1 amide bonds. The summed E-state index contributed by atoms with van der Waals surface area (Å²) in [6.07, 6.45) is 0.992. The molecule has 156 valence electrons. The van der Waals surface area contributed by atoms with Gasteiger partial charge in [0.15, 0.2) is 0 Å². The lowest BCUT2D eigenvalue weighted by molar-refractivity contribution is -0.122. The first kappa shape index (κ1) is 21.0. The van der Waals surface area contributed by atoms with Crippen molar-refractivity contribution in [3.8, 4) is 11.5 Å². The first-order valence-corrected chi connectivity index (χ1v) is 10.3. The lowest BCUT2D eigenvalue weighted by Gasteiger charge is -2.35. The van der Waals surface area contributed by atoms with E-state index in [2.05, 4.69) is 34.2 Å². The van der Waals surface area contributed by atoms with Crippen LogP contribution in [0.3, 0.4) is 0 Å². The standard InChI is InChI=1S/C23H31N3O3/c1-3-16-29-22-8-4-19(5-9-22)17-24-23(27)18-25-12-14-26(15-13-25)20-6-10-21(28-2)11-7-20/h4-11H,3,12-18H2,1-2H3,(H,24,27). The summed E-state index contributed by atoms with van der Waals surface area (Å²) >= 11 is 0. The van der Waals surface area contributed by atoms with Gasteiger partial charge < -0.3 is 19.7 Å². The molecule has 0 spiro atoms. The second kappa shape index (κ2) is 10.7. The normalized spacial score (nSPS) is 14.5. The van der Waals surface area contributed by atoms with E-state index in [0.717, 1.165) is 56.3 Å². The van der Waals surface area contributed by atoms with Crippen molar-refractivity contribution >= 4 is 11.6 Å². The van der Waals surface area contributed by atoms with Gasteiger partial charge in [-0.25, -0.2) is 0 Å². The fourth-order valence-corrected chi connectivity index (χ4v) is 3.34. The van der Waals surface area contributed by atoms with E-state index in [0.29, 0.717) is 13.1 Å². The summed E-state index contributed by atoms with van der Waals surface area (Å²) in [7, 11) is 1.68.